The summed E-state index contributed by atoms with van der Waals surface area (Å²) in [6.45, 7) is 5.43. The summed E-state index contributed by atoms with van der Waals surface area (Å²) in [6.07, 6.45) is 0.0788. The Morgan fingerprint density at radius 3 is 2.39 bits per heavy atom. The van der Waals surface area contributed by atoms with E-state index in [0.29, 0.717) is 0 Å². The van der Waals surface area contributed by atoms with Crippen LogP contribution in [0.3, 0.4) is 0 Å². The Morgan fingerprint density at radius 2 is 1.94 bits per heavy atom. The summed E-state index contributed by atoms with van der Waals surface area (Å²) >= 11 is 3.33. The molecule has 0 spiro atoms. The molecule has 0 aliphatic heterocycles. The molecule has 18 heavy (non-hydrogen) atoms. The molecule has 4 heteroatoms. The standard InChI is InChI=1S/C14H16BrNO2/c1-14(2,3)18-13(17)8-11(9-16)10-4-6-12(15)7-5-10/h4-7,11H,8H2,1-3H3. The van der Waals surface area contributed by atoms with Gasteiger partial charge in [-0.1, -0.05) is 28.1 Å². The van der Waals surface area contributed by atoms with Gasteiger partial charge in [-0.3, -0.25) is 4.79 Å². The highest BCUT2D eigenvalue weighted by Gasteiger charge is 2.21. The first kappa shape index (κ1) is 14.7. The number of rotatable bonds is 3. The van der Waals surface area contributed by atoms with Crippen LogP contribution < -0.4 is 0 Å². The molecule has 0 N–H and O–H groups in total. The molecule has 1 rings (SSSR count). The van der Waals surface area contributed by atoms with Gasteiger partial charge in [0, 0.05) is 4.47 Å². The van der Waals surface area contributed by atoms with Gasteiger partial charge in [-0.05, 0) is 38.5 Å². The zero-order chi connectivity index (χ0) is 13.8. The number of carbonyl (C=O) groups is 1. The van der Waals surface area contributed by atoms with E-state index in [0.717, 1.165) is 10.0 Å². The van der Waals surface area contributed by atoms with Gasteiger partial charge in [0.2, 0.25) is 0 Å². The van der Waals surface area contributed by atoms with Crippen molar-refractivity contribution in [2.45, 2.75) is 38.7 Å². The molecular formula is C14H16BrNO2. The monoisotopic (exact) mass is 309 g/mol. The summed E-state index contributed by atoms with van der Waals surface area (Å²) in [5.41, 5.74) is 0.308. The highest BCUT2D eigenvalue weighted by atomic mass is 79.9. The van der Waals surface area contributed by atoms with Gasteiger partial charge in [-0.2, -0.15) is 5.26 Å². The molecule has 0 radical (unpaired) electrons. The predicted molar refractivity (Wildman–Crippen MR) is 73.0 cm³/mol. The van der Waals surface area contributed by atoms with Gasteiger partial charge >= 0.3 is 5.97 Å². The Hall–Kier alpha value is -1.34. The van der Waals surface area contributed by atoms with Crippen LogP contribution in [0.25, 0.3) is 0 Å². The molecule has 96 valence electrons. The van der Waals surface area contributed by atoms with E-state index in [9.17, 15) is 4.79 Å². The summed E-state index contributed by atoms with van der Waals surface area (Å²) in [6, 6.07) is 9.52. The second kappa shape index (κ2) is 6.01. The van der Waals surface area contributed by atoms with Crippen LogP contribution in [0.5, 0.6) is 0 Å². The number of nitrogens with zero attached hydrogens (tertiary/aromatic N) is 1. The molecule has 0 saturated heterocycles. The minimum Gasteiger partial charge on any atom is -0.460 e. The summed E-state index contributed by atoms with van der Waals surface area (Å²) in [4.78, 5) is 11.7. The molecule has 0 aromatic heterocycles. The summed E-state index contributed by atoms with van der Waals surface area (Å²) in [5.74, 6) is -0.815. The van der Waals surface area contributed by atoms with E-state index in [-0.39, 0.29) is 12.4 Å². The largest absolute Gasteiger partial charge is 0.460 e. The van der Waals surface area contributed by atoms with Crippen LogP contribution in [-0.4, -0.2) is 11.6 Å². The number of ether oxygens (including phenoxy) is 1. The smallest absolute Gasteiger partial charge is 0.307 e. The predicted octanol–water partition coefficient (Wildman–Crippen LogP) is 3.79. The second-order valence-electron chi connectivity index (χ2n) is 5.02. The van der Waals surface area contributed by atoms with Crippen molar-refractivity contribution in [3.8, 4) is 6.07 Å². The van der Waals surface area contributed by atoms with Crippen molar-refractivity contribution in [1.29, 1.82) is 5.26 Å². The maximum atomic E-state index is 11.7. The maximum Gasteiger partial charge on any atom is 0.307 e. The lowest BCUT2D eigenvalue weighted by molar-refractivity contribution is -0.154. The van der Waals surface area contributed by atoms with Gasteiger partial charge in [0.15, 0.2) is 0 Å². The summed E-state index contributed by atoms with van der Waals surface area (Å²) in [5, 5.41) is 9.13. The lowest BCUT2D eigenvalue weighted by atomic mass is 9.97. The van der Waals surface area contributed by atoms with E-state index in [4.69, 9.17) is 10.00 Å². The zero-order valence-corrected chi connectivity index (χ0v) is 12.3. The third kappa shape index (κ3) is 4.89. The molecule has 0 aliphatic carbocycles. The third-order valence-corrected chi connectivity index (χ3v) is 2.75. The molecular weight excluding hydrogens is 294 g/mol. The molecule has 3 nitrogen and oxygen atoms in total. The van der Waals surface area contributed by atoms with Crippen molar-refractivity contribution in [2.75, 3.05) is 0 Å². The normalized spacial score (nSPS) is 12.6. The fourth-order valence-electron chi connectivity index (χ4n) is 1.48. The molecule has 0 saturated carbocycles. The Balaban J connectivity index is 2.72. The quantitative estimate of drug-likeness (QED) is 0.798. The first-order valence-corrected chi connectivity index (χ1v) is 6.48. The van der Waals surface area contributed by atoms with Gasteiger partial charge in [-0.25, -0.2) is 0 Å². The average molecular weight is 310 g/mol. The number of benzene rings is 1. The van der Waals surface area contributed by atoms with Crippen LogP contribution >= 0.6 is 15.9 Å². The minimum absolute atomic E-state index is 0.0788. The number of esters is 1. The van der Waals surface area contributed by atoms with Gasteiger partial charge in [0.25, 0.3) is 0 Å². The fraction of sp³-hybridized carbons (Fsp3) is 0.429. The van der Waals surface area contributed by atoms with Crippen molar-refractivity contribution in [1.82, 2.24) is 0 Å². The van der Waals surface area contributed by atoms with E-state index in [1.54, 1.807) is 0 Å². The molecule has 1 aromatic carbocycles. The van der Waals surface area contributed by atoms with Crippen molar-refractivity contribution >= 4 is 21.9 Å². The van der Waals surface area contributed by atoms with E-state index >= 15 is 0 Å². The van der Waals surface area contributed by atoms with E-state index in [1.807, 2.05) is 45.0 Å². The second-order valence-corrected chi connectivity index (χ2v) is 5.94. The van der Waals surface area contributed by atoms with Gasteiger partial charge in [0.05, 0.1) is 18.4 Å². The highest BCUT2D eigenvalue weighted by Crippen LogP contribution is 2.22. The maximum absolute atomic E-state index is 11.7. The lowest BCUT2D eigenvalue weighted by Crippen LogP contribution is -2.24. The number of hydrogen-bond donors (Lipinski definition) is 0. The van der Waals surface area contributed by atoms with Crippen LogP contribution in [0, 0.1) is 11.3 Å². The molecule has 1 aromatic rings. The average Bonchev–Trinajstić information content (AvgIpc) is 2.25. The molecule has 0 amide bonds. The van der Waals surface area contributed by atoms with Crippen molar-refractivity contribution in [2.24, 2.45) is 0 Å². The number of nitriles is 1. The molecule has 0 fully saturated rings. The Bertz CT molecular complexity index is 454. The Labute approximate surface area is 116 Å². The van der Waals surface area contributed by atoms with Crippen LogP contribution in [0.4, 0.5) is 0 Å². The van der Waals surface area contributed by atoms with Crippen molar-refractivity contribution < 1.29 is 9.53 Å². The molecule has 0 heterocycles. The first-order chi connectivity index (χ1) is 8.31. The molecule has 0 bridgehead atoms. The van der Waals surface area contributed by atoms with Crippen LogP contribution in [-0.2, 0) is 9.53 Å². The van der Waals surface area contributed by atoms with E-state index in [2.05, 4.69) is 22.0 Å². The zero-order valence-electron chi connectivity index (χ0n) is 10.7. The van der Waals surface area contributed by atoms with E-state index in [1.165, 1.54) is 0 Å². The minimum atomic E-state index is -0.517. The summed E-state index contributed by atoms with van der Waals surface area (Å²) < 4.78 is 6.16. The van der Waals surface area contributed by atoms with Crippen LogP contribution in [0.1, 0.15) is 38.7 Å². The fourth-order valence-corrected chi connectivity index (χ4v) is 1.75. The first-order valence-electron chi connectivity index (χ1n) is 5.69. The molecule has 1 atom stereocenters. The highest BCUT2D eigenvalue weighted by molar-refractivity contribution is 9.10. The van der Waals surface area contributed by atoms with Gasteiger partial charge in [-0.15, -0.1) is 0 Å². The van der Waals surface area contributed by atoms with Crippen LogP contribution in [0.2, 0.25) is 0 Å². The topological polar surface area (TPSA) is 50.1 Å². The van der Waals surface area contributed by atoms with E-state index < -0.39 is 11.5 Å². The molecule has 1 unspecified atom stereocenters. The van der Waals surface area contributed by atoms with Crippen molar-refractivity contribution in [3.05, 3.63) is 34.3 Å². The van der Waals surface area contributed by atoms with Gasteiger partial charge < -0.3 is 4.74 Å². The number of halogens is 1. The Kier molecular flexibility index (Phi) is 4.92. The SMILES string of the molecule is CC(C)(C)OC(=O)CC(C#N)c1ccc(Br)cc1. The molecule has 0 aliphatic rings. The lowest BCUT2D eigenvalue weighted by Gasteiger charge is -2.20. The van der Waals surface area contributed by atoms with Gasteiger partial charge in [0.1, 0.15) is 5.60 Å². The van der Waals surface area contributed by atoms with Crippen LogP contribution in [0.15, 0.2) is 28.7 Å². The van der Waals surface area contributed by atoms with Crippen molar-refractivity contribution in [3.63, 3.8) is 0 Å². The third-order valence-electron chi connectivity index (χ3n) is 2.22. The Morgan fingerprint density at radius 1 is 1.39 bits per heavy atom. The number of hydrogen-bond acceptors (Lipinski definition) is 3. The number of carbonyl (C=O) groups excluding carboxylic acids is 1. The summed E-state index contributed by atoms with van der Waals surface area (Å²) in [7, 11) is 0.